The third kappa shape index (κ3) is 7.98. The van der Waals surface area contributed by atoms with Crippen LogP contribution < -0.4 is 15.4 Å². The van der Waals surface area contributed by atoms with Crippen LogP contribution in [0.1, 0.15) is 34.1 Å². The standard InChI is InChI=1S/C12H12F5NO2.C7H9N.C2H6/c1-12(2,18-3)4-5(19)20-11-9(16)7(14)6(13)8(15)10(11)17;1-8-7-5-3-2-4-6-7;1-2/h18H,4H2,1-3H3;2-6,8H,1H3;1-2H3. The Bertz CT molecular complexity index is 786. The highest BCUT2D eigenvalue weighted by atomic mass is 19.2. The minimum absolute atomic E-state index is 0.330. The molecule has 2 aromatic rings. The number of ether oxygens (including phenoxy) is 1. The van der Waals surface area contributed by atoms with E-state index < -0.39 is 46.3 Å². The first-order valence-corrected chi connectivity index (χ1v) is 9.18. The minimum atomic E-state index is -2.31. The van der Waals surface area contributed by atoms with Crippen molar-refractivity contribution in [2.75, 3.05) is 19.4 Å². The number of nitrogens with one attached hydrogen (secondary N) is 2. The molecule has 0 aliphatic heterocycles. The third-order valence-electron chi connectivity index (χ3n) is 3.71. The van der Waals surface area contributed by atoms with E-state index in [0.29, 0.717) is 0 Å². The number of anilines is 1. The predicted molar refractivity (Wildman–Crippen MR) is 107 cm³/mol. The van der Waals surface area contributed by atoms with Crippen molar-refractivity contribution in [2.45, 2.75) is 39.7 Å². The van der Waals surface area contributed by atoms with Crippen LogP contribution in [-0.2, 0) is 4.79 Å². The molecular formula is C21H27F5N2O2. The molecule has 2 aromatic carbocycles. The van der Waals surface area contributed by atoms with Gasteiger partial charge in [0.25, 0.3) is 0 Å². The highest BCUT2D eigenvalue weighted by Gasteiger charge is 2.30. The molecule has 0 bridgehead atoms. The quantitative estimate of drug-likeness (QED) is 0.217. The highest BCUT2D eigenvalue weighted by molar-refractivity contribution is 5.73. The number of halogens is 5. The molecular weight excluding hydrogens is 407 g/mol. The van der Waals surface area contributed by atoms with Crippen LogP contribution in [0.4, 0.5) is 27.6 Å². The molecule has 0 atom stereocenters. The van der Waals surface area contributed by atoms with Crippen LogP contribution in [0.25, 0.3) is 0 Å². The highest BCUT2D eigenvalue weighted by Crippen LogP contribution is 2.29. The van der Waals surface area contributed by atoms with Gasteiger partial charge < -0.3 is 15.4 Å². The molecule has 0 aliphatic carbocycles. The maximum absolute atomic E-state index is 13.3. The fourth-order valence-corrected chi connectivity index (χ4v) is 1.88. The summed E-state index contributed by atoms with van der Waals surface area (Å²) in [5, 5.41) is 5.75. The summed E-state index contributed by atoms with van der Waals surface area (Å²) in [7, 11) is 3.45. The van der Waals surface area contributed by atoms with Crippen LogP contribution in [0.2, 0.25) is 0 Å². The minimum Gasteiger partial charge on any atom is -0.420 e. The second-order valence-electron chi connectivity index (χ2n) is 6.30. The predicted octanol–water partition coefficient (Wildman–Crippen LogP) is 5.43. The van der Waals surface area contributed by atoms with E-state index in [-0.39, 0.29) is 6.42 Å². The molecule has 2 rings (SSSR count). The van der Waals surface area contributed by atoms with Crippen molar-refractivity contribution in [1.82, 2.24) is 5.32 Å². The lowest BCUT2D eigenvalue weighted by molar-refractivity contribution is -0.136. The molecule has 0 heterocycles. The van der Waals surface area contributed by atoms with Gasteiger partial charge in [-0.1, -0.05) is 32.0 Å². The molecule has 9 heteroatoms. The van der Waals surface area contributed by atoms with Gasteiger partial charge in [-0.05, 0) is 33.0 Å². The molecule has 0 aromatic heterocycles. The summed E-state index contributed by atoms with van der Waals surface area (Å²) in [5.41, 5.74) is 0.397. The van der Waals surface area contributed by atoms with Crippen molar-refractivity contribution in [2.24, 2.45) is 0 Å². The van der Waals surface area contributed by atoms with Gasteiger partial charge in [-0.2, -0.15) is 8.78 Å². The van der Waals surface area contributed by atoms with Gasteiger partial charge in [-0.15, -0.1) is 0 Å². The van der Waals surface area contributed by atoms with Gasteiger partial charge in [0.1, 0.15) is 0 Å². The zero-order valence-corrected chi connectivity index (χ0v) is 17.8. The summed E-state index contributed by atoms with van der Waals surface area (Å²) < 4.78 is 69.4. The van der Waals surface area contributed by atoms with E-state index in [2.05, 4.69) is 15.4 Å². The largest absolute Gasteiger partial charge is 0.420 e. The molecule has 2 N–H and O–H groups in total. The van der Waals surface area contributed by atoms with E-state index >= 15 is 0 Å². The average molecular weight is 434 g/mol. The van der Waals surface area contributed by atoms with Gasteiger partial charge in [0, 0.05) is 18.3 Å². The number of benzene rings is 2. The molecule has 0 fully saturated rings. The summed E-state index contributed by atoms with van der Waals surface area (Å²) in [6, 6.07) is 10.1. The molecule has 0 unspecified atom stereocenters. The van der Waals surface area contributed by atoms with Crippen LogP contribution in [-0.4, -0.2) is 25.6 Å². The molecule has 0 aliphatic rings. The van der Waals surface area contributed by atoms with E-state index in [1.165, 1.54) is 7.05 Å². The van der Waals surface area contributed by atoms with Gasteiger partial charge in [0.2, 0.25) is 34.8 Å². The normalized spacial score (nSPS) is 10.2. The van der Waals surface area contributed by atoms with E-state index in [9.17, 15) is 26.7 Å². The first-order chi connectivity index (χ1) is 14.0. The van der Waals surface area contributed by atoms with Gasteiger partial charge in [0.05, 0.1) is 6.42 Å². The van der Waals surface area contributed by atoms with Crippen molar-refractivity contribution in [3.8, 4) is 5.75 Å². The number of hydrogen-bond acceptors (Lipinski definition) is 4. The summed E-state index contributed by atoms with van der Waals surface area (Å²) in [5.74, 6) is -13.7. The van der Waals surface area contributed by atoms with Crippen molar-refractivity contribution in [3.63, 3.8) is 0 Å². The van der Waals surface area contributed by atoms with E-state index in [4.69, 9.17) is 0 Å². The molecule has 0 spiro atoms. The SMILES string of the molecule is CC.CNC(C)(C)CC(=O)Oc1c(F)c(F)c(F)c(F)c1F.CNc1ccccc1. The Hall–Kier alpha value is -2.68. The Morgan fingerprint density at radius 2 is 1.30 bits per heavy atom. The smallest absolute Gasteiger partial charge is 0.313 e. The summed E-state index contributed by atoms with van der Waals surface area (Å²) >= 11 is 0. The molecule has 0 amide bonds. The number of hydrogen-bond donors (Lipinski definition) is 2. The first-order valence-electron chi connectivity index (χ1n) is 9.18. The summed E-state index contributed by atoms with van der Waals surface area (Å²) in [4.78, 5) is 11.5. The number of carbonyl (C=O) groups excluding carboxylic acids is 1. The van der Waals surface area contributed by atoms with E-state index in [0.717, 1.165) is 5.69 Å². The number of rotatable bonds is 5. The average Bonchev–Trinajstić information content (AvgIpc) is 2.76. The Morgan fingerprint density at radius 1 is 0.867 bits per heavy atom. The van der Waals surface area contributed by atoms with Crippen molar-refractivity contribution in [1.29, 1.82) is 0 Å². The number of para-hydroxylation sites is 1. The number of esters is 1. The lowest BCUT2D eigenvalue weighted by Crippen LogP contribution is -2.39. The summed E-state index contributed by atoms with van der Waals surface area (Å²) in [6.07, 6.45) is -0.330. The van der Waals surface area contributed by atoms with E-state index in [1.54, 1.807) is 13.8 Å². The number of carbonyl (C=O) groups is 1. The van der Waals surface area contributed by atoms with Crippen LogP contribution in [0.15, 0.2) is 30.3 Å². The Labute approximate surface area is 173 Å². The van der Waals surface area contributed by atoms with Crippen LogP contribution in [0.3, 0.4) is 0 Å². The third-order valence-corrected chi connectivity index (χ3v) is 3.71. The van der Waals surface area contributed by atoms with Crippen LogP contribution in [0, 0.1) is 29.1 Å². The van der Waals surface area contributed by atoms with Gasteiger partial charge >= 0.3 is 5.97 Å². The molecule has 30 heavy (non-hydrogen) atoms. The first kappa shape index (κ1) is 27.3. The van der Waals surface area contributed by atoms with Gasteiger partial charge in [0.15, 0.2) is 0 Å². The van der Waals surface area contributed by atoms with Crippen molar-refractivity contribution < 1.29 is 31.5 Å². The zero-order chi connectivity index (χ0) is 23.5. The maximum Gasteiger partial charge on any atom is 0.313 e. The summed E-state index contributed by atoms with van der Waals surface area (Å²) in [6.45, 7) is 7.18. The Balaban J connectivity index is 0.000000696. The zero-order valence-electron chi connectivity index (χ0n) is 17.8. The fourth-order valence-electron chi connectivity index (χ4n) is 1.88. The monoisotopic (exact) mass is 434 g/mol. The lowest BCUT2D eigenvalue weighted by Gasteiger charge is -2.22. The molecule has 0 saturated carbocycles. The lowest BCUT2D eigenvalue weighted by atomic mass is 10.0. The van der Waals surface area contributed by atoms with Crippen LogP contribution >= 0.6 is 0 Å². The molecule has 0 saturated heterocycles. The topological polar surface area (TPSA) is 50.4 Å². The van der Waals surface area contributed by atoms with Crippen molar-refractivity contribution >= 4 is 11.7 Å². The van der Waals surface area contributed by atoms with Crippen molar-refractivity contribution in [3.05, 3.63) is 59.4 Å². The van der Waals surface area contributed by atoms with Gasteiger partial charge in [-0.25, -0.2) is 13.2 Å². The Kier molecular flexibility index (Phi) is 11.6. The molecule has 168 valence electrons. The second-order valence-corrected chi connectivity index (χ2v) is 6.30. The molecule has 0 radical (unpaired) electrons. The Morgan fingerprint density at radius 3 is 1.67 bits per heavy atom. The second kappa shape index (κ2) is 12.8. The van der Waals surface area contributed by atoms with Gasteiger partial charge in [-0.3, -0.25) is 4.79 Å². The fraction of sp³-hybridized carbons (Fsp3) is 0.381. The van der Waals surface area contributed by atoms with E-state index in [1.807, 2.05) is 51.2 Å². The maximum atomic E-state index is 13.3. The molecule has 4 nitrogen and oxygen atoms in total. The van der Waals surface area contributed by atoms with Crippen LogP contribution in [0.5, 0.6) is 5.75 Å².